The Kier molecular flexibility index (Phi) is 4.66. The van der Waals surface area contributed by atoms with Gasteiger partial charge in [-0.3, -0.25) is 5.01 Å². The van der Waals surface area contributed by atoms with Gasteiger partial charge in [-0.25, -0.2) is 4.39 Å². The first-order valence-corrected chi connectivity index (χ1v) is 9.00. The number of hydrogen-bond donors (Lipinski definition) is 0. The van der Waals surface area contributed by atoms with Gasteiger partial charge in [0.25, 0.3) is 0 Å². The molecule has 0 saturated heterocycles. The molecule has 1 aliphatic rings. The van der Waals surface area contributed by atoms with Crippen LogP contribution < -0.4 is 5.01 Å². The fourth-order valence-corrected chi connectivity index (χ4v) is 3.38. The van der Waals surface area contributed by atoms with Crippen molar-refractivity contribution in [2.24, 2.45) is 5.10 Å². The van der Waals surface area contributed by atoms with Gasteiger partial charge in [0.1, 0.15) is 5.82 Å². The number of hydrazone groups is 1. The van der Waals surface area contributed by atoms with Gasteiger partial charge in [-0.15, -0.1) is 0 Å². The van der Waals surface area contributed by atoms with Gasteiger partial charge >= 0.3 is 0 Å². The van der Waals surface area contributed by atoms with E-state index >= 15 is 0 Å². The van der Waals surface area contributed by atoms with Gasteiger partial charge in [0.05, 0.1) is 17.4 Å². The molecule has 5 heteroatoms. The van der Waals surface area contributed by atoms with E-state index in [-0.39, 0.29) is 11.9 Å². The zero-order valence-corrected chi connectivity index (χ0v) is 15.3. The highest BCUT2D eigenvalue weighted by atomic mass is 35.5. The molecule has 4 rings (SSSR count). The Morgan fingerprint density at radius 3 is 2.12 bits per heavy atom. The lowest BCUT2D eigenvalue weighted by molar-refractivity contribution is 0.606. The highest BCUT2D eigenvalue weighted by Crippen LogP contribution is 2.38. The monoisotopic (exact) mass is 384 g/mol. The molecule has 3 aromatic rings. The Morgan fingerprint density at radius 1 is 0.846 bits per heavy atom. The summed E-state index contributed by atoms with van der Waals surface area (Å²) in [4.78, 5) is 0. The molecule has 0 amide bonds. The van der Waals surface area contributed by atoms with Crippen LogP contribution in [0.3, 0.4) is 0 Å². The predicted molar refractivity (Wildman–Crippen MR) is 106 cm³/mol. The number of halogens is 3. The molecule has 1 aliphatic heterocycles. The Labute approximate surface area is 161 Å². The standard InChI is InChI=1S/C21H15Cl2FN2/c22-16-9-5-14(6-10-16)19-13-21(15-7-11-17(23)12-8-15)26(25-19)20-4-2-1-3-18(20)24/h1-12,21H,13H2. The van der Waals surface area contributed by atoms with Crippen LogP contribution in [0.2, 0.25) is 10.0 Å². The van der Waals surface area contributed by atoms with Crippen molar-refractivity contribution in [2.45, 2.75) is 12.5 Å². The van der Waals surface area contributed by atoms with Crippen LogP contribution in [0.4, 0.5) is 10.1 Å². The molecule has 0 radical (unpaired) electrons. The van der Waals surface area contributed by atoms with Crippen molar-refractivity contribution in [3.05, 3.63) is 99.8 Å². The third-order valence-corrected chi connectivity index (χ3v) is 4.95. The van der Waals surface area contributed by atoms with Gasteiger partial charge in [-0.1, -0.05) is 59.6 Å². The van der Waals surface area contributed by atoms with Crippen LogP contribution in [0.1, 0.15) is 23.6 Å². The maximum absolute atomic E-state index is 14.4. The third kappa shape index (κ3) is 3.33. The van der Waals surface area contributed by atoms with E-state index in [4.69, 9.17) is 28.3 Å². The van der Waals surface area contributed by atoms with Gasteiger partial charge in [-0.05, 0) is 47.5 Å². The second-order valence-electron chi connectivity index (χ2n) is 6.12. The highest BCUT2D eigenvalue weighted by Gasteiger charge is 2.31. The molecule has 0 aromatic heterocycles. The first kappa shape index (κ1) is 17.1. The van der Waals surface area contributed by atoms with Crippen LogP contribution in [0.25, 0.3) is 0 Å². The molecule has 1 unspecified atom stereocenters. The van der Waals surface area contributed by atoms with E-state index in [0.717, 1.165) is 16.8 Å². The maximum Gasteiger partial charge on any atom is 0.148 e. The number of hydrogen-bond acceptors (Lipinski definition) is 2. The zero-order chi connectivity index (χ0) is 18.1. The first-order chi connectivity index (χ1) is 12.6. The minimum atomic E-state index is -0.299. The molecule has 0 N–H and O–H groups in total. The molecular formula is C21H15Cl2FN2. The summed E-state index contributed by atoms with van der Waals surface area (Å²) in [5.41, 5.74) is 3.36. The molecule has 0 spiro atoms. The van der Waals surface area contributed by atoms with Crippen LogP contribution in [0.5, 0.6) is 0 Å². The van der Waals surface area contributed by atoms with E-state index in [0.29, 0.717) is 22.2 Å². The van der Waals surface area contributed by atoms with Gasteiger partial charge in [0.15, 0.2) is 0 Å². The van der Waals surface area contributed by atoms with Crippen molar-refractivity contribution in [2.75, 3.05) is 5.01 Å². The zero-order valence-electron chi connectivity index (χ0n) is 13.7. The number of nitrogens with zero attached hydrogens (tertiary/aromatic N) is 2. The summed E-state index contributed by atoms with van der Waals surface area (Å²) in [5.74, 6) is -0.299. The molecule has 1 heterocycles. The molecular weight excluding hydrogens is 370 g/mol. The smallest absolute Gasteiger partial charge is 0.148 e. The second-order valence-corrected chi connectivity index (χ2v) is 6.99. The highest BCUT2D eigenvalue weighted by molar-refractivity contribution is 6.31. The summed E-state index contributed by atoms with van der Waals surface area (Å²) in [6, 6.07) is 21.7. The normalized spacial score (nSPS) is 16.7. The first-order valence-electron chi connectivity index (χ1n) is 8.24. The number of benzene rings is 3. The molecule has 130 valence electrons. The van der Waals surface area contributed by atoms with E-state index in [9.17, 15) is 4.39 Å². The van der Waals surface area contributed by atoms with Crippen molar-refractivity contribution < 1.29 is 4.39 Å². The number of para-hydroxylation sites is 1. The van der Waals surface area contributed by atoms with Gasteiger partial charge in [0.2, 0.25) is 0 Å². The van der Waals surface area contributed by atoms with Crippen molar-refractivity contribution in [3.8, 4) is 0 Å². The summed E-state index contributed by atoms with van der Waals surface area (Å²) >= 11 is 12.0. The minimum absolute atomic E-state index is 0.102. The lowest BCUT2D eigenvalue weighted by Crippen LogP contribution is -2.19. The lowest BCUT2D eigenvalue weighted by Gasteiger charge is -2.24. The molecule has 26 heavy (non-hydrogen) atoms. The Bertz CT molecular complexity index is 953. The van der Waals surface area contributed by atoms with E-state index in [1.54, 1.807) is 17.1 Å². The summed E-state index contributed by atoms with van der Waals surface area (Å²) in [5, 5.41) is 7.83. The average molecular weight is 385 g/mol. The Morgan fingerprint density at radius 2 is 1.46 bits per heavy atom. The lowest BCUT2D eigenvalue weighted by atomic mass is 9.98. The van der Waals surface area contributed by atoms with E-state index < -0.39 is 0 Å². The van der Waals surface area contributed by atoms with E-state index in [1.165, 1.54) is 6.07 Å². The molecule has 0 aliphatic carbocycles. The molecule has 3 aromatic carbocycles. The molecule has 2 nitrogen and oxygen atoms in total. The number of rotatable bonds is 3. The fourth-order valence-electron chi connectivity index (χ4n) is 3.13. The van der Waals surface area contributed by atoms with Crippen LogP contribution in [0, 0.1) is 5.82 Å². The maximum atomic E-state index is 14.4. The van der Waals surface area contributed by atoms with Gasteiger partial charge < -0.3 is 0 Å². The summed E-state index contributed by atoms with van der Waals surface area (Å²) in [7, 11) is 0. The molecule has 1 atom stereocenters. The van der Waals surface area contributed by atoms with Crippen LogP contribution in [-0.2, 0) is 0 Å². The van der Waals surface area contributed by atoms with Crippen LogP contribution in [0.15, 0.2) is 77.9 Å². The predicted octanol–water partition coefficient (Wildman–Crippen LogP) is 6.49. The van der Waals surface area contributed by atoms with Crippen molar-refractivity contribution in [1.29, 1.82) is 0 Å². The second kappa shape index (κ2) is 7.10. The Hall–Kier alpha value is -2.36. The van der Waals surface area contributed by atoms with Crippen molar-refractivity contribution in [1.82, 2.24) is 0 Å². The van der Waals surface area contributed by atoms with Gasteiger partial charge in [0, 0.05) is 16.5 Å². The summed E-state index contributed by atoms with van der Waals surface area (Å²) in [6.07, 6.45) is 0.664. The largest absolute Gasteiger partial charge is 0.254 e. The quantitative estimate of drug-likeness (QED) is 0.503. The van der Waals surface area contributed by atoms with Gasteiger partial charge in [-0.2, -0.15) is 5.10 Å². The summed E-state index contributed by atoms with van der Waals surface area (Å²) < 4.78 is 14.4. The molecule has 0 saturated carbocycles. The van der Waals surface area contributed by atoms with Crippen LogP contribution in [-0.4, -0.2) is 5.71 Å². The fraction of sp³-hybridized carbons (Fsp3) is 0.0952. The minimum Gasteiger partial charge on any atom is -0.254 e. The van der Waals surface area contributed by atoms with Crippen LogP contribution >= 0.6 is 23.2 Å². The number of anilines is 1. The van der Waals surface area contributed by atoms with E-state index in [2.05, 4.69) is 0 Å². The van der Waals surface area contributed by atoms with E-state index in [1.807, 2.05) is 54.6 Å². The molecule has 0 bridgehead atoms. The topological polar surface area (TPSA) is 15.6 Å². The average Bonchev–Trinajstić information content (AvgIpc) is 3.08. The van der Waals surface area contributed by atoms with Crippen molar-refractivity contribution >= 4 is 34.6 Å². The summed E-state index contributed by atoms with van der Waals surface area (Å²) in [6.45, 7) is 0. The third-order valence-electron chi connectivity index (χ3n) is 4.44. The Balaban J connectivity index is 1.77. The molecule has 0 fully saturated rings. The SMILES string of the molecule is Fc1ccccc1N1N=C(c2ccc(Cl)cc2)CC1c1ccc(Cl)cc1. The van der Waals surface area contributed by atoms with Crippen molar-refractivity contribution in [3.63, 3.8) is 0 Å².